The number of amides is 1. The number of carbonyl (C=O) groups is 2. The Morgan fingerprint density at radius 1 is 0.974 bits per heavy atom. The number of carbonyl (C=O) groups excluding carboxylic acids is 2. The number of rotatable bonds is 12. The molecule has 1 heterocycles. The fourth-order valence-electron chi connectivity index (χ4n) is 4.54. The smallest absolute Gasteiger partial charge is 0.295 e. The van der Waals surface area contributed by atoms with Crippen LogP contribution in [0, 0.1) is 6.92 Å². The Hall–Kier alpha value is -4.36. The van der Waals surface area contributed by atoms with Gasteiger partial charge in [0.15, 0.2) is 0 Å². The molecule has 0 spiro atoms. The lowest BCUT2D eigenvalue weighted by atomic mass is 9.95. The van der Waals surface area contributed by atoms with E-state index in [4.69, 9.17) is 14.2 Å². The molecule has 0 aromatic heterocycles. The first-order valence-electron chi connectivity index (χ1n) is 12.8. The molecule has 1 atom stereocenters. The largest absolute Gasteiger partial charge is 0.507 e. The number of methoxy groups -OCH3 is 1. The zero-order chi connectivity index (χ0) is 27.8. The summed E-state index contributed by atoms with van der Waals surface area (Å²) >= 11 is 0. The first-order chi connectivity index (χ1) is 18.9. The second-order valence-corrected chi connectivity index (χ2v) is 9.25. The van der Waals surface area contributed by atoms with Crippen LogP contribution in [-0.4, -0.2) is 48.6 Å². The number of hydrogen-bond acceptors (Lipinski definition) is 6. The minimum atomic E-state index is -0.743. The SMILES string of the molecule is C=CCOc1ccc(C2/C(=C(\O)c3ccc(OCc4ccccc4C)cc3)C(=O)C(=O)N2CCCOC)cc1. The molecule has 3 aromatic carbocycles. The summed E-state index contributed by atoms with van der Waals surface area (Å²) in [6.45, 7) is 7.20. The first kappa shape index (κ1) is 27.7. The maximum absolute atomic E-state index is 13.2. The Labute approximate surface area is 228 Å². The van der Waals surface area contributed by atoms with Gasteiger partial charge in [-0.2, -0.15) is 0 Å². The summed E-state index contributed by atoms with van der Waals surface area (Å²) in [5.74, 6) is -0.340. The van der Waals surface area contributed by atoms with Crippen molar-refractivity contribution in [1.29, 1.82) is 0 Å². The van der Waals surface area contributed by atoms with E-state index < -0.39 is 17.7 Å². The number of aliphatic hydroxyl groups is 1. The van der Waals surface area contributed by atoms with Gasteiger partial charge in [-0.25, -0.2) is 0 Å². The minimum absolute atomic E-state index is 0.0470. The third-order valence-electron chi connectivity index (χ3n) is 6.63. The average molecular weight is 528 g/mol. The maximum atomic E-state index is 13.2. The Morgan fingerprint density at radius 2 is 1.64 bits per heavy atom. The highest BCUT2D eigenvalue weighted by Gasteiger charge is 2.45. The van der Waals surface area contributed by atoms with Crippen LogP contribution in [0.2, 0.25) is 0 Å². The van der Waals surface area contributed by atoms with E-state index >= 15 is 0 Å². The summed E-state index contributed by atoms with van der Waals surface area (Å²) in [7, 11) is 1.59. The molecular formula is C32H33NO6. The molecule has 1 amide bonds. The molecule has 39 heavy (non-hydrogen) atoms. The third-order valence-corrected chi connectivity index (χ3v) is 6.63. The van der Waals surface area contributed by atoms with Crippen molar-refractivity contribution in [2.75, 3.05) is 26.9 Å². The van der Waals surface area contributed by atoms with Crippen molar-refractivity contribution < 1.29 is 28.9 Å². The highest BCUT2D eigenvalue weighted by atomic mass is 16.5. The molecule has 1 N–H and O–H groups in total. The Morgan fingerprint density at radius 3 is 2.31 bits per heavy atom. The van der Waals surface area contributed by atoms with E-state index in [9.17, 15) is 14.7 Å². The van der Waals surface area contributed by atoms with E-state index in [2.05, 4.69) is 6.58 Å². The van der Waals surface area contributed by atoms with Gasteiger partial charge in [0.2, 0.25) is 0 Å². The van der Waals surface area contributed by atoms with Crippen LogP contribution >= 0.6 is 0 Å². The van der Waals surface area contributed by atoms with Gasteiger partial charge in [-0.05, 0) is 66.4 Å². The van der Waals surface area contributed by atoms with E-state index in [1.165, 1.54) is 4.90 Å². The van der Waals surface area contributed by atoms with Crippen molar-refractivity contribution >= 4 is 17.4 Å². The zero-order valence-corrected chi connectivity index (χ0v) is 22.3. The normalized spacial score (nSPS) is 16.4. The summed E-state index contributed by atoms with van der Waals surface area (Å²) in [6, 6.07) is 21.2. The number of aryl methyl sites for hydroxylation is 1. The molecule has 7 nitrogen and oxygen atoms in total. The van der Waals surface area contributed by atoms with Crippen LogP contribution in [0.25, 0.3) is 5.76 Å². The zero-order valence-electron chi connectivity index (χ0n) is 22.3. The summed E-state index contributed by atoms with van der Waals surface area (Å²) in [4.78, 5) is 27.8. The van der Waals surface area contributed by atoms with E-state index in [1.54, 1.807) is 61.7 Å². The predicted octanol–water partition coefficient (Wildman–Crippen LogP) is 5.60. The van der Waals surface area contributed by atoms with Crippen LogP contribution < -0.4 is 9.47 Å². The standard InChI is InChI=1S/C32H33NO6/c1-4-19-38-26-14-10-23(11-15-26)29-28(31(35)32(36)33(29)18-7-20-37-3)30(34)24-12-16-27(17-13-24)39-21-25-9-6-5-8-22(25)2/h4-6,8-17,29,34H,1,7,18-21H2,2-3H3/b30-28+. The van der Waals surface area contributed by atoms with E-state index in [1.807, 2.05) is 31.2 Å². The van der Waals surface area contributed by atoms with Crippen LogP contribution in [0.3, 0.4) is 0 Å². The van der Waals surface area contributed by atoms with Gasteiger partial charge in [-0.15, -0.1) is 0 Å². The van der Waals surface area contributed by atoms with E-state index in [0.717, 1.165) is 11.1 Å². The van der Waals surface area contributed by atoms with Gasteiger partial charge in [0.25, 0.3) is 11.7 Å². The molecule has 7 heteroatoms. The molecule has 202 valence electrons. The Bertz CT molecular complexity index is 1340. The van der Waals surface area contributed by atoms with Crippen molar-refractivity contribution in [2.24, 2.45) is 0 Å². The summed E-state index contributed by atoms with van der Waals surface area (Å²) in [5.41, 5.74) is 3.38. The number of ether oxygens (including phenoxy) is 3. The Kier molecular flexibility index (Phi) is 9.18. The summed E-state index contributed by atoms with van der Waals surface area (Å²) in [6.07, 6.45) is 2.20. The number of ketones is 1. The summed E-state index contributed by atoms with van der Waals surface area (Å²) in [5, 5.41) is 11.3. The second-order valence-electron chi connectivity index (χ2n) is 9.25. The van der Waals surface area contributed by atoms with Crippen molar-refractivity contribution in [3.8, 4) is 11.5 Å². The lowest BCUT2D eigenvalue weighted by Crippen LogP contribution is -2.31. The number of likely N-dealkylation sites (tertiary alicyclic amines) is 1. The van der Waals surface area contributed by atoms with Gasteiger partial charge < -0.3 is 24.2 Å². The van der Waals surface area contributed by atoms with Gasteiger partial charge >= 0.3 is 0 Å². The van der Waals surface area contributed by atoms with Crippen LogP contribution in [0.15, 0.2) is 91.0 Å². The molecule has 1 saturated heterocycles. The predicted molar refractivity (Wildman–Crippen MR) is 150 cm³/mol. The number of hydrogen-bond donors (Lipinski definition) is 1. The average Bonchev–Trinajstić information content (AvgIpc) is 3.21. The number of Topliss-reactive ketones (excluding diaryl/α,β-unsaturated/α-hetero) is 1. The molecule has 0 saturated carbocycles. The van der Waals surface area contributed by atoms with E-state index in [0.29, 0.717) is 55.4 Å². The molecule has 1 unspecified atom stereocenters. The third kappa shape index (κ3) is 6.38. The fourth-order valence-corrected chi connectivity index (χ4v) is 4.54. The van der Waals surface area contributed by atoms with Crippen molar-refractivity contribution in [2.45, 2.75) is 26.0 Å². The van der Waals surface area contributed by atoms with Crippen LogP contribution in [0.4, 0.5) is 0 Å². The number of benzene rings is 3. The lowest BCUT2D eigenvalue weighted by Gasteiger charge is -2.25. The first-order valence-corrected chi connectivity index (χ1v) is 12.8. The van der Waals surface area contributed by atoms with Crippen LogP contribution in [0.1, 0.15) is 34.7 Å². The van der Waals surface area contributed by atoms with E-state index in [-0.39, 0.29) is 11.3 Å². The van der Waals surface area contributed by atoms with Crippen molar-refractivity contribution in [3.05, 3.63) is 113 Å². The topological polar surface area (TPSA) is 85.3 Å². The van der Waals surface area contributed by atoms with Gasteiger partial charge in [0.1, 0.15) is 30.5 Å². The molecule has 0 bridgehead atoms. The van der Waals surface area contributed by atoms with Gasteiger partial charge in [0, 0.05) is 25.8 Å². The molecular weight excluding hydrogens is 494 g/mol. The Balaban J connectivity index is 1.63. The van der Waals surface area contributed by atoms with Crippen molar-refractivity contribution in [3.63, 3.8) is 0 Å². The van der Waals surface area contributed by atoms with Crippen LogP contribution in [0.5, 0.6) is 11.5 Å². The van der Waals surface area contributed by atoms with Gasteiger partial charge in [-0.3, -0.25) is 9.59 Å². The monoisotopic (exact) mass is 527 g/mol. The second kappa shape index (κ2) is 12.9. The quantitative estimate of drug-likeness (QED) is 0.109. The number of nitrogens with zero attached hydrogens (tertiary/aromatic N) is 1. The molecule has 1 aliphatic rings. The molecule has 4 rings (SSSR count). The highest BCUT2D eigenvalue weighted by molar-refractivity contribution is 6.46. The molecule has 1 aliphatic heterocycles. The van der Waals surface area contributed by atoms with Gasteiger partial charge in [-0.1, -0.05) is 49.1 Å². The molecule has 3 aromatic rings. The fraction of sp³-hybridized carbons (Fsp3) is 0.250. The lowest BCUT2D eigenvalue weighted by molar-refractivity contribution is -0.140. The molecule has 0 aliphatic carbocycles. The summed E-state index contributed by atoms with van der Waals surface area (Å²) < 4.78 is 16.6. The molecule has 0 radical (unpaired) electrons. The maximum Gasteiger partial charge on any atom is 0.295 e. The van der Waals surface area contributed by atoms with Gasteiger partial charge in [0.05, 0.1) is 11.6 Å². The highest BCUT2D eigenvalue weighted by Crippen LogP contribution is 2.40. The molecule has 1 fully saturated rings. The van der Waals surface area contributed by atoms with Crippen LogP contribution in [-0.2, 0) is 20.9 Å². The minimum Gasteiger partial charge on any atom is -0.507 e. The van der Waals surface area contributed by atoms with Crippen molar-refractivity contribution in [1.82, 2.24) is 4.90 Å². The number of aliphatic hydroxyl groups excluding tert-OH is 1.